The molecule has 0 radical (unpaired) electrons. The van der Waals surface area contributed by atoms with E-state index >= 15 is 0 Å². The Kier molecular flexibility index (Phi) is 3.88. The molecule has 0 aromatic carbocycles. The molecular formula is C15H20N4O2. The van der Waals surface area contributed by atoms with Crippen LogP contribution in [0.4, 0.5) is 5.82 Å². The number of ether oxygens (including phenoxy) is 1. The van der Waals surface area contributed by atoms with E-state index in [-0.39, 0.29) is 12.2 Å². The Bertz CT molecular complexity index is 613. The van der Waals surface area contributed by atoms with Crippen molar-refractivity contribution in [3.8, 4) is 11.5 Å². The van der Waals surface area contributed by atoms with Crippen LogP contribution >= 0.6 is 0 Å². The van der Waals surface area contributed by atoms with E-state index in [1.807, 2.05) is 19.1 Å². The third kappa shape index (κ3) is 2.90. The van der Waals surface area contributed by atoms with Gasteiger partial charge in [-0.3, -0.25) is 0 Å². The summed E-state index contributed by atoms with van der Waals surface area (Å²) in [7, 11) is 0. The van der Waals surface area contributed by atoms with Crippen LogP contribution in [0.3, 0.4) is 0 Å². The fourth-order valence-corrected chi connectivity index (χ4v) is 2.67. The molecule has 2 aromatic rings. The predicted molar refractivity (Wildman–Crippen MR) is 79.1 cm³/mol. The Hall–Kier alpha value is -1.95. The quantitative estimate of drug-likeness (QED) is 0.864. The van der Waals surface area contributed by atoms with Crippen molar-refractivity contribution in [1.29, 1.82) is 0 Å². The molecule has 0 aliphatic carbocycles. The third-order valence-electron chi connectivity index (χ3n) is 3.63. The number of hydrogen-bond acceptors (Lipinski definition) is 6. The molecule has 112 valence electrons. The lowest BCUT2D eigenvalue weighted by molar-refractivity contribution is -0.0174. The highest BCUT2D eigenvalue weighted by atomic mass is 16.5. The summed E-state index contributed by atoms with van der Waals surface area (Å²) in [6.07, 6.45) is 3.20. The van der Waals surface area contributed by atoms with Crippen molar-refractivity contribution in [2.75, 3.05) is 18.0 Å². The molecular weight excluding hydrogens is 268 g/mol. The van der Waals surface area contributed by atoms with Crippen molar-refractivity contribution in [3.63, 3.8) is 0 Å². The van der Waals surface area contributed by atoms with Crippen LogP contribution in [-0.2, 0) is 4.74 Å². The highest BCUT2D eigenvalue weighted by molar-refractivity contribution is 5.69. The second kappa shape index (κ2) is 5.81. The standard InChI is InChI=1S/C15H20N4O2/c1-4-12-9-19(8-10(2)20-12)14-13(6-5-7-16-14)15-17-11(3)18-21-15/h5-7,10,12H,4,8-9H2,1-3H3. The lowest BCUT2D eigenvalue weighted by Crippen LogP contribution is -2.47. The number of pyridine rings is 1. The Labute approximate surface area is 124 Å². The lowest BCUT2D eigenvalue weighted by Gasteiger charge is -2.37. The van der Waals surface area contributed by atoms with Crippen LogP contribution in [-0.4, -0.2) is 40.4 Å². The monoisotopic (exact) mass is 288 g/mol. The number of rotatable bonds is 3. The maximum Gasteiger partial charge on any atom is 0.261 e. The maximum atomic E-state index is 5.92. The van der Waals surface area contributed by atoms with Crippen molar-refractivity contribution < 1.29 is 9.26 Å². The summed E-state index contributed by atoms with van der Waals surface area (Å²) in [5.41, 5.74) is 0.877. The summed E-state index contributed by atoms with van der Waals surface area (Å²) < 4.78 is 11.2. The average molecular weight is 288 g/mol. The van der Waals surface area contributed by atoms with Crippen molar-refractivity contribution >= 4 is 5.82 Å². The van der Waals surface area contributed by atoms with E-state index in [0.29, 0.717) is 11.7 Å². The average Bonchev–Trinajstić information content (AvgIpc) is 2.93. The van der Waals surface area contributed by atoms with Gasteiger partial charge in [-0.2, -0.15) is 4.98 Å². The number of aryl methyl sites for hydroxylation is 1. The first-order chi connectivity index (χ1) is 10.2. The van der Waals surface area contributed by atoms with Gasteiger partial charge in [0.1, 0.15) is 5.82 Å². The number of anilines is 1. The van der Waals surface area contributed by atoms with Crippen molar-refractivity contribution in [2.24, 2.45) is 0 Å². The lowest BCUT2D eigenvalue weighted by atomic mass is 10.1. The van der Waals surface area contributed by atoms with E-state index in [9.17, 15) is 0 Å². The normalized spacial score (nSPS) is 22.5. The van der Waals surface area contributed by atoms with E-state index in [0.717, 1.165) is 30.9 Å². The van der Waals surface area contributed by atoms with E-state index < -0.39 is 0 Å². The van der Waals surface area contributed by atoms with Crippen LogP contribution in [0.5, 0.6) is 0 Å². The van der Waals surface area contributed by atoms with Crippen LogP contribution in [0, 0.1) is 6.92 Å². The molecule has 1 aliphatic rings. The summed E-state index contributed by atoms with van der Waals surface area (Å²) in [5, 5.41) is 3.87. The Morgan fingerprint density at radius 2 is 2.24 bits per heavy atom. The minimum Gasteiger partial charge on any atom is -0.372 e. The van der Waals surface area contributed by atoms with Gasteiger partial charge in [0.15, 0.2) is 5.82 Å². The van der Waals surface area contributed by atoms with E-state index in [1.54, 1.807) is 6.20 Å². The summed E-state index contributed by atoms with van der Waals surface area (Å²) in [6, 6.07) is 3.86. The molecule has 6 heteroatoms. The Morgan fingerprint density at radius 3 is 2.95 bits per heavy atom. The van der Waals surface area contributed by atoms with Gasteiger partial charge in [0.25, 0.3) is 5.89 Å². The van der Waals surface area contributed by atoms with Crippen LogP contribution in [0.1, 0.15) is 26.1 Å². The molecule has 1 fully saturated rings. The minimum absolute atomic E-state index is 0.183. The summed E-state index contributed by atoms with van der Waals surface area (Å²) in [4.78, 5) is 11.1. The zero-order valence-electron chi connectivity index (χ0n) is 12.6. The summed E-state index contributed by atoms with van der Waals surface area (Å²) in [6.45, 7) is 7.69. The molecule has 2 atom stereocenters. The first kappa shape index (κ1) is 14.0. The molecule has 0 saturated carbocycles. The SMILES string of the molecule is CCC1CN(c2ncccc2-c2nc(C)no2)CC(C)O1. The minimum atomic E-state index is 0.183. The molecule has 2 aromatic heterocycles. The molecule has 6 nitrogen and oxygen atoms in total. The van der Waals surface area contributed by atoms with Gasteiger partial charge in [0, 0.05) is 19.3 Å². The molecule has 2 unspecified atom stereocenters. The smallest absolute Gasteiger partial charge is 0.261 e. The number of hydrogen-bond donors (Lipinski definition) is 0. The van der Waals surface area contributed by atoms with E-state index in [1.165, 1.54) is 0 Å². The van der Waals surface area contributed by atoms with Crippen molar-refractivity contribution in [2.45, 2.75) is 39.4 Å². The van der Waals surface area contributed by atoms with Crippen molar-refractivity contribution in [1.82, 2.24) is 15.1 Å². The third-order valence-corrected chi connectivity index (χ3v) is 3.63. The molecule has 1 saturated heterocycles. The fourth-order valence-electron chi connectivity index (χ4n) is 2.67. The summed E-state index contributed by atoms with van der Waals surface area (Å²) in [5.74, 6) is 2.03. The van der Waals surface area contributed by atoms with Gasteiger partial charge in [0.05, 0.1) is 17.8 Å². The Morgan fingerprint density at radius 1 is 1.38 bits per heavy atom. The van der Waals surface area contributed by atoms with E-state index in [4.69, 9.17) is 9.26 Å². The zero-order chi connectivity index (χ0) is 14.8. The second-order valence-electron chi connectivity index (χ2n) is 5.40. The molecule has 3 rings (SSSR count). The second-order valence-corrected chi connectivity index (χ2v) is 5.40. The number of morpholine rings is 1. The fraction of sp³-hybridized carbons (Fsp3) is 0.533. The van der Waals surface area contributed by atoms with Gasteiger partial charge in [-0.25, -0.2) is 4.98 Å². The largest absolute Gasteiger partial charge is 0.372 e. The van der Waals surface area contributed by atoms with Gasteiger partial charge in [-0.05, 0) is 32.4 Å². The molecule has 0 spiro atoms. The van der Waals surface area contributed by atoms with Crippen molar-refractivity contribution in [3.05, 3.63) is 24.2 Å². The van der Waals surface area contributed by atoms with Gasteiger partial charge >= 0.3 is 0 Å². The molecule has 3 heterocycles. The number of nitrogens with zero attached hydrogens (tertiary/aromatic N) is 4. The Balaban J connectivity index is 1.95. The molecule has 0 N–H and O–H groups in total. The highest BCUT2D eigenvalue weighted by Gasteiger charge is 2.27. The van der Waals surface area contributed by atoms with Gasteiger partial charge < -0.3 is 14.2 Å². The maximum absolute atomic E-state index is 5.92. The summed E-state index contributed by atoms with van der Waals surface area (Å²) >= 11 is 0. The van der Waals surface area contributed by atoms with E-state index in [2.05, 4.69) is 33.9 Å². The topological polar surface area (TPSA) is 64.3 Å². The molecule has 21 heavy (non-hydrogen) atoms. The predicted octanol–water partition coefficient (Wildman–Crippen LogP) is 2.44. The van der Waals surface area contributed by atoms with Crippen LogP contribution in [0.15, 0.2) is 22.9 Å². The number of aromatic nitrogens is 3. The molecule has 0 bridgehead atoms. The van der Waals surface area contributed by atoms with Gasteiger partial charge in [0.2, 0.25) is 0 Å². The first-order valence-corrected chi connectivity index (χ1v) is 7.33. The van der Waals surface area contributed by atoms with Gasteiger partial charge in [-0.15, -0.1) is 0 Å². The molecule has 0 amide bonds. The zero-order valence-corrected chi connectivity index (χ0v) is 12.6. The van der Waals surface area contributed by atoms with Crippen LogP contribution < -0.4 is 4.90 Å². The van der Waals surface area contributed by atoms with Crippen LogP contribution in [0.25, 0.3) is 11.5 Å². The first-order valence-electron chi connectivity index (χ1n) is 7.33. The molecule has 1 aliphatic heterocycles. The van der Waals surface area contributed by atoms with Gasteiger partial charge in [-0.1, -0.05) is 12.1 Å². The van der Waals surface area contributed by atoms with Crippen LogP contribution in [0.2, 0.25) is 0 Å². The highest BCUT2D eigenvalue weighted by Crippen LogP contribution is 2.29.